The Bertz CT molecular complexity index is 428. The summed E-state index contributed by atoms with van der Waals surface area (Å²) >= 11 is 1.58. The molecule has 0 fully saturated rings. The van der Waals surface area contributed by atoms with Crippen molar-refractivity contribution in [3.05, 3.63) is 21.9 Å². The van der Waals surface area contributed by atoms with Crippen LogP contribution < -0.4 is 5.32 Å². The number of carbonyl (C=O) groups is 1. The Balaban J connectivity index is 2.46. The molecule has 0 aliphatic carbocycles. The van der Waals surface area contributed by atoms with E-state index in [1.807, 2.05) is 12.1 Å². The van der Waals surface area contributed by atoms with Gasteiger partial charge in [-0.25, -0.2) is 0 Å². The van der Waals surface area contributed by atoms with E-state index in [2.05, 4.69) is 38.2 Å². The van der Waals surface area contributed by atoms with Crippen molar-refractivity contribution in [2.45, 2.75) is 45.7 Å². The minimum Gasteiger partial charge on any atom is -0.481 e. The molecule has 21 heavy (non-hydrogen) atoms. The quantitative estimate of drug-likeness (QED) is 0.697. The number of hydrogen-bond acceptors (Lipinski definition) is 4. The molecule has 0 saturated carbocycles. The molecular weight excluding hydrogens is 284 g/mol. The van der Waals surface area contributed by atoms with E-state index in [1.54, 1.807) is 11.3 Å². The fourth-order valence-electron chi connectivity index (χ4n) is 2.71. The zero-order chi connectivity index (χ0) is 15.8. The Hall–Kier alpha value is -0.910. The summed E-state index contributed by atoms with van der Waals surface area (Å²) in [6.45, 7) is 6.28. The Morgan fingerprint density at radius 1 is 1.29 bits per heavy atom. The molecule has 0 radical (unpaired) electrons. The smallest absolute Gasteiger partial charge is 0.308 e. The monoisotopic (exact) mass is 312 g/mol. The third kappa shape index (κ3) is 6.16. The molecule has 1 atom stereocenters. The molecule has 4 nitrogen and oxygen atoms in total. The molecule has 0 amide bonds. The van der Waals surface area contributed by atoms with Crippen LogP contribution in [0.4, 0.5) is 0 Å². The van der Waals surface area contributed by atoms with Crippen LogP contribution in [0.2, 0.25) is 0 Å². The Kier molecular flexibility index (Phi) is 7.93. The van der Waals surface area contributed by atoms with E-state index in [0.29, 0.717) is 12.0 Å². The van der Waals surface area contributed by atoms with Crippen molar-refractivity contribution in [1.29, 1.82) is 0 Å². The van der Waals surface area contributed by atoms with Gasteiger partial charge in [-0.2, -0.15) is 0 Å². The maximum atomic E-state index is 10.7. The lowest BCUT2D eigenvalue weighted by atomic mass is 9.93. The number of nitrogens with one attached hydrogen (secondary N) is 1. The molecule has 1 heterocycles. The van der Waals surface area contributed by atoms with Gasteiger partial charge in [-0.15, -0.1) is 11.3 Å². The summed E-state index contributed by atoms with van der Waals surface area (Å²) in [6.07, 6.45) is 2.52. The second kappa shape index (κ2) is 9.18. The lowest BCUT2D eigenvalue weighted by Gasteiger charge is -2.31. The van der Waals surface area contributed by atoms with E-state index in [0.717, 1.165) is 18.0 Å². The number of aliphatic carboxylic acids is 1. The highest BCUT2D eigenvalue weighted by Crippen LogP contribution is 2.18. The van der Waals surface area contributed by atoms with Crippen LogP contribution in [0.5, 0.6) is 0 Å². The molecule has 1 unspecified atom stereocenters. The predicted octanol–water partition coefficient (Wildman–Crippen LogP) is 2.83. The topological polar surface area (TPSA) is 52.6 Å². The van der Waals surface area contributed by atoms with Gasteiger partial charge < -0.3 is 15.3 Å². The second-order valence-corrected chi connectivity index (χ2v) is 6.93. The third-order valence-electron chi connectivity index (χ3n) is 3.95. The molecule has 0 aliphatic heterocycles. The number of thiophene rings is 1. The standard InChI is InChI=1S/C16H28N2O2S/c1-5-12(6-2)15(18(3)4)11-17-10-14-8-7-13(21-14)9-16(19)20/h7-8,12,15,17H,5-6,9-11H2,1-4H3,(H,19,20). The highest BCUT2D eigenvalue weighted by atomic mass is 32.1. The van der Waals surface area contributed by atoms with Gasteiger partial charge in [-0.1, -0.05) is 26.7 Å². The largest absolute Gasteiger partial charge is 0.481 e. The minimum absolute atomic E-state index is 0.124. The molecule has 0 bridgehead atoms. The van der Waals surface area contributed by atoms with Gasteiger partial charge in [-0.3, -0.25) is 4.79 Å². The van der Waals surface area contributed by atoms with Crippen molar-refractivity contribution in [3.8, 4) is 0 Å². The van der Waals surface area contributed by atoms with Crippen molar-refractivity contribution >= 4 is 17.3 Å². The molecule has 0 aromatic carbocycles. The third-order valence-corrected chi connectivity index (χ3v) is 5.04. The van der Waals surface area contributed by atoms with E-state index < -0.39 is 5.97 Å². The summed E-state index contributed by atoms with van der Waals surface area (Å²) in [7, 11) is 4.28. The highest BCUT2D eigenvalue weighted by molar-refractivity contribution is 7.12. The zero-order valence-corrected chi connectivity index (χ0v) is 14.4. The van der Waals surface area contributed by atoms with Crippen molar-refractivity contribution < 1.29 is 9.90 Å². The van der Waals surface area contributed by atoms with Crippen LogP contribution in [0.3, 0.4) is 0 Å². The van der Waals surface area contributed by atoms with E-state index in [1.165, 1.54) is 17.7 Å². The molecule has 5 heteroatoms. The van der Waals surface area contributed by atoms with Crippen LogP contribution >= 0.6 is 11.3 Å². The molecule has 1 rings (SSSR count). The molecule has 0 aliphatic rings. The van der Waals surface area contributed by atoms with Gasteiger partial charge in [0.2, 0.25) is 0 Å². The summed E-state index contributed by atoms with van der Waals surface area (Å²) in [5.41, 5.74) is 0. The van der Waals surface area contributed by atoms with Crippen molar-refractivity contribution in [2.24, 2.45) is 5.92 Å². The number of hydrogen-bond donors (Lipinski definition) is 2. The minimum atomic E-state index is -0.766. The summed E-state index contributed by atoms with van der Waals surface area (Å²) in [5.74, 6) is -0.0591. The number of rotatable bonds is 10. The number of carboxylic acid groups (broad SMARTS) is 1. The van der Waals surface area contributed by atoms with E-state index in [-0.39, 0.29) is 6.42 Å². The van der Waals surface area contributed by atoms with Crippen LogP contribution in [0, 0.1) is 5.92 Å². The van der Waals surface area contributed by atoms with Crippen molar-refractivity contribution in [2.75, 3.05) is 20.6 Å². The SMILES string of the molecule is CCC(CC)C(CNCc1ccc(CC(=O)O)s1)N(C)C. The lowest BCUT2D eigenvalue weighted by Crippen LogP contribution is -2.42. The highest BCUT2D eigenvalue weighted by Gasteiger charge is 2.20. The van der Waals surface area contributed by atoms with Gasteiger partial charge in [0.15, 0.2) is 0 Å². The fourth-order valence-corrected chi connectivity index (χ4v) is 3.69. The summed E-state index contributed by atoms with van der Waals surface area (Å²) < 4.78 is 0. The van der Waals surface area contributed by atoms with E-state index in [4.69, 9.17) is 5.11 Å². The van der Waals surface area contributed by atoms with Gasteiger partial charge in [0, 0.05) is 28.9 Å². The first-order chi connectivity index (χ1) is 9.97. The van der Waals surface area contributed by atoms with E-state index in [9.17, 15) is 4.79 Å². The molecule has 1 aromatic rings. The summed E-state index contributed by atoms with van der Waals surface area (Å²) in [5, 5.41) is 12.3. The Morgan fingerprint density at radius 2 is 1.90 bits per heavy atom. The molecule has 1 aromatic heterocycles. The fraction of sp³-hybridized carbons (Fsp3) is 0.688. The van der Waals surface area contributed by atoms with Crippen LogP contribution in [0.25, 0.3) is 0 Å². The van der Waals surface area contributed by atoms with Crippen LogP contribution in [-0.2, 0) is 17.8 Å². The number of likely N-dealkylation sites (N-methyl/N-ethyl adjacent to an activating group) is 1. The molecule has 0 spiro atoms. The van der Waals surface area contributed by atoms with Crippen molar-refractivity contribution in [1.82, 2.24) is 10.2 Å². The summed E-state index contributed by atoms with van der Waals surface area (Å²) in [4.78, 5) is 15.1. The maximum absolute atomic E-state index is 10.7. The Labute approximate surface area is 132 Å². The maximum Gasteiger partial charge on any atom is 0.308 e. The lowest BCUT2D eigenvalue weighted by molar-refractivity contribution is -0.136. The van der Waals surface area contributed by atoms with Crippen LogP contribution in [0.15, 0.2) is 12.1 Å². The summed E-state index contributed by atoms with van der Waals surface area (Å²) in [6, 6.07) is 4.48. The predicted molar refractivity (Wildman–Crippen MR) is 88.9 cm³/mol. The normalized spacial score (nSPS) is 13.0. The van der Waals surface area contributed by atoms with Crippen LogP contribution in [0.1, 0.15) is 36.4 Å². The second-order valence-electron chi connectivity index (χ2n) is 5.68. The van der Waals surface area contributed by atoms with Gasteiger partial charge in [0.1, 0.15) is 0 Å². The molecule has 0 saturated heterocycles. The number of carboxylic acids is 1. The molecule has 120 valence electrons. The first kappa shape index (κ1) is 18.1. The van der Waals surface area contributed by atoms with E-state index >= 15 is 0 Å². The Morgan fingerprint density at radius 3 is 2.43 bits per heavy atom. The first-order valence-electron chi connectivity index (χ1n) is 7.64. The first-order valence-corrected chi connectivity index (χ1v) is 8.46. The van der Waals surface area contributed by atoms with Gasteiger partial charge in [0.25, 0.3) is 0 Å². The van der Waals surface area contributed by atoms with Crippen LogP contribution in [-0.4, -0.2) is 42.7 Å². The van der Waals surface area contributed by atoms with Crippen molar-refractivity contribution in [3.63, 3.8) is 0 Å². The average molecular weight is 312 g/mol. The van der Waals surface area contributed by atoms with Gasteiger partial charge in [0.05, 0.1) is 6.42 Å². The van der Waals surface area contributed by atoms with Gasteiger partial charge >= 0.3 is 5.97 Å². The average Bonchev–Trinajstić information content (AvgIpc) is 2.84. The molecular formula is C16H28N2O2S. The number of nitrogens with zero attached hydrogens (tertiary/aromatic N) is 1. The van der Waals surface area contributed by atoms with Gasteiger partial charge in [-0.05, 0) is 32.1 Å². The zero-order valence-electron chi connectivity index (χ0n) is 13.6. The molecule has 2 N–H and O–H groups in total.